The van der Waals surface area contributed by atoms with E-state index in [1.807, 2.05) is 54.6 Å². The first-order chi connectivity index (χ1) is 15.8. The number of benzene rings is 2. The van der Waals surface area contributed by atoms with E-state index >= 15 is 0 Å². The summed E-state index contributed by atoms with van der Waals surface area (Å²) in [6.07, 6.45) is 2.94. The lowest BCUT2D eigenvalue weighted by Gasteiger charge is -2.33. The number of anilines is 2. The molecule has 1 aliphatic carbocycles. The molecular formula is C27H29N3OS2. The second-order valence-electron chi connectivity index (χ2n) is 9.60. The smallest absolute Gasteiger partial charge is 0.243 e. The summed E-state index contributed by atoms with van der Waals surface area (Å²) in [6.45, 7) is 6.84. The average Bonchev–Trinajstić information content (AvgIpc) is 3.13. The van der Waals surface area contributed by atoms with E-state index < -0.39 is 5.25 Å². The lowest BCUT2D eigenvalue weighted by molar-refractivity contribution is -0.115. The predicted octanol–water partition coefficient (Wildman–Crippen LogP) is 6.83. The highest BCUT2D eigenvalue weighted by molar-refractivity contribution is 8.00. The van der Waals surface area contributed by atoms with E-state index in [9.17, 15) is 10.1 Å². The Bertz CT molecular complexity index is 1190. The van der Waals surface area contributed by atoms with Gasteiger partial charge in [-0.3, -0.25) is 4.79 Å². The van der Waals surface area contributed by atoms with Crippen LogP contribution in [0.2, 0.25) is 0 Å². The van der Waals surface area contributed by atoms with Crippen molar-refractivity contribution >= 4 is 39.7 Å². The van der Waals surface area contributed by atoms with Crippen LogP contribution in [0.15, 0.2) is 59.5 Å². The molecule has 170 valence electrons. The number of amides is 1. The van der Waals surface area contributed by atoms with Gasteiger partial charge in [-0.2, -0.15) is 5.26 Å². The summed E-state index contributed by atoms with van der Waals surface area (Å²) >= 11 is 3.04. The van der Waals surface area contributed by atoms with Crippen LogP contribution in [0.4, 0.5) is 10.7 Å². The van der Waals surface area contributed by atoms with E-state index in [0.29, 0.717) is 22.2 Å². The number of hydrogen-bond acceptors (Lipinski definition) is 5. The van der Waals surface area contributed by atoms with Crippen LogP contribution in [0.3, 0.4) is 0 Å². The molecule has 4 nitrogen and oxygen atoms in total. The van der Waals surface area contributed by atoms with Gasteiger partial charge in [-0.1, -0.05) is 57.2 Å². The first kappa shape index (κ1) is 23.4. The van der Waals surface area contributed by atoms with Gasteiger partial charge in [0, 0.05) is 15.5 Å². The Morgan fingerprint density at radius 3 is 2.64 bits per heavy atom. The minimum absolute atomic E-state index is 0.129. The second-order valence-corrected chi connectivity index (χ2v) is 11.9. The molecule has 6 heteroatoms. The van der Waals surface area contributed by atoms with Crippen LogP contribution in [0.25, 0.3) is 0 Å². The number of carbonyl (C=O) groups excluding carboxylic acids is 1. The van der Waals surface area contributed by atoms with Crippen LogP contribution in [0.5, 0.6) is 0 Å². The van der Waals surface area contributed by atoms with Crippen molar-refractivity contribution in [2.75, 3.05) is 11.1 Å². The summed E-state index contributed by atoms with van der Waals surface area (Å²) in [5.41, 5.74) is 9.52. The maximum absolute atomic E-state index is 13.5. The minimum atomic E-state index is -0.457. The standard InChI is InChI=1S/C27H29N3OS2/c1-27(2,3)18-12-13-21-22(16-28)26(33-23(21)14-18)30-25(31)24(17-8-5-4-6-9-17)32-20-11-7-10-19(29)15-20/h4-11,15,18,24H,12-14,29H2,1-3H3,(H,30,31). The number of nitrogens with one attached hydrogen (secondary N) is 1. The topological polar surface area (TPSA) is 78.9 Å². The van der Waals surface area contributed by atoms with E-state index in [-0.39, 0.29) is 11.3 Å². The normalized spacial score (nSPS) is 16.5. The third-order valence-corrected chi connectivity index (χ3v) is 8.71. The molecule has 3 N–H and O–H groups in total. The summed E-state index contributed by atoms with van der Waals surface area (Å²) in [5, 5.41) is 13.2. The van der Waals surface area contributed by atoms with Crippen molar-refractivity contribution in [3.8, 4) is 6.07 Å². The number of thioether (sulfide) groups is 1. The fourth-order valence-electron chi connectivity index (χ4n) is 4.33. The van der Waals surface area contributed by atoms with Crippen molar-refractivity contribution in [1.29, 1.82) is 5.26 Å². The molecule has 0 bridgehead atoms. The predicted molar refractivity (Wildman–Crippen MR) is 139 cm³/mol. The summed E-state index contributed by atoms with van der Waals surface area (Å²) in [5.74, 6) is 0.450. The molecule has 1 amide bonds. The summed E-state index contributed by atoms with van der Waals surface area (Å²) in [7, 11) is 0. The Balaban J connectivity index is 1.62. The number of hydrogen-bond donors (Lipinski definition) is 2. The van der Waals surface area contributed by atoms with Crippen molar-refractivity contribution in [2.45, 2.75) is 50.2 Å². The van der Waals surface area contributed by atoms with E-state index in [2.05, 4.69) is 32.2 Å². The summed E-state index contributed by atoms with van der Waals surface area (Å²) in [4.78, 5) is 15.7. The molecule has 0 saturated carbocycles. The molecule has 2 aromatic carbocycles. The zero-order valence-corrected chi connectivity index (χ0v) is 20.9. The molecule has 2 unspecified atom stereocenters. The fourth-order valence-corrected chi connectivity index (χ4v) is 6.71. The Morgan fingerprint density at radius 2 is 1.97 bits per heavy atom. The molecule has 0 radical (unpaired) electrons. The largest absolute Gasteiger partial charge is 0.399 e. The van der Waals surface area contributed by atoms with Crippen LogP contribution in [-0.2, 0) is 17.6 Å². The van der Waals surface area contributed by atoms with Gasteiger partial charge in [0.1, 0.15) is 16.3 Å². The van der Waals surface area contributed by atoms with Crippen LogP contribution in [0, 0.1) is 22.7 Å². The number of nitriles is 1. The van der Waals surface area contributed by atoms with E-state index in [1.165, 1.54) is 16.6 Å². The highest BCUT2D eigenvalue weighted by atomic mass is 32.2. The molecule has 0 saturated heterocycles. The molecule has 1 heterocycles. The molecule has 1 aromatic heterocycles. The summed E-state index contributed by atoms with van der Waals surface area (Å²) < 4.78 is 0. The number of thiophene rings is 1. The van der Waals surface area contributed by atoms with Crippen molar-refractivity contribution in [2.24, 2.45) is 11.3 Å². The van der Waals surface area contributed by atoms with E-state index in [0.717, 1.165) is 35.3 Å². The van der Waals surface area contributed by atoms with Crippen LogP contribution >= 0.6 is 23.1 Å². The number of carbonyl (C=O) groups is 1. The van der Waals surface area contributed by atoms with Gasteiger partial charge in [0.25, 0.3) is 0 Å². The molecular weight excluding hydrogens is 446 g/mol. The lowest BCUT2D eigenvalue weighted by Crippen LogP contribution is -2.26. The molecule has 0 aliphatic heterocycles. The van der Waals surface area contributed by atoms with Gasteiger partial charge >= 0.3 is 0 Å². The summed E-state index contributed by atoms with van der Waals surface area (Å²) in [6, 6.07) is 19.7. The average molecular weight is 476 g/mol. The number of rotatable bonds is 5. The van der Waals surface area contributed by atoms with Gasteiger partial charge in [-0.25, -0.2) is 0 Å². The zero-order valence-electron chi connectivity index (χ0n) is 19.2. The Kier molecular flexibility index (Phi) is 6.83. The number of nitrogen functional groups attached to an aromatic ring is 1. The van der Waals surface area contributed by atoms with Gasteiger partial charge < -0.3 is 11.1 Å². The second kappa shape index (κ2) is 9.62. The first-order valence-electron chi connectivity index (χ1n) is 11.2. The molecule has 33 heavy (non-hydrogen) atoms. The van der Waals surface area contributed by atoms with Gasteiger partial charge in [-0.05, 0) is 59.9 Å². The van der Waals surface area contributed by atoms with Crippen molar-refractivity contribution in [1.82, 2.24) is 0 Å². The third-order valence-electron chi connectivity index (χ3n) is 6.29. The highest BCUT2D eigenvalue weighted by Crippen LogP contribution is 2.45. The minimum Gasteiger partial charge on any atom is -0.399 e. The monoisotopic (exact) mass is 475 g/mol. The number of nitrogens with zero attached hydrogens (tertiary/aromatic N) is 1. The first-order valence-corrected chi connectivity index (χ1v) is 12.9. The molecule has 0 spiro atoms. The van der Waals surface area contributed by atoms with Crippen LogP contribution in [-0.4, -0.2) is 5.91 Å². The Hall–Kier alpha value is -2.75. The Morgan fingerprint density at radius 1 is 1.21 bits per heavy atom. The van der Waals surface area contributed by atoms with Crippen LogP contribution < -0.4 is 11.1 Å². The van der Waals surface area contributed by atoms with E-state index in [1.54, 1.807) is 11.3 Å². The molecule has 3 aromatic rings. The van der Waals surface area contributed by atoms with Crippen LogP contribution in [0.1, 0.15) is 54.0 Å². The van der Waals surface area contributed by atoms with Gasteiger partial charge in [-0.15, -0.1) is 23.1 Å². The maximum Gasteiger partial charge on any atom is 0.243 e. The van der Waals surface area contributed by atoms with Gasteiger partial charge in [0.15, 0.2) is 0 Å². The number of fused-ring (bicyclic) bond motifs is 1. The molecule has 4 rings (SSSR count). The SMILES string of the molecule is CC(C)(C)C1CCc2c(sc(NC(=O)C(Sc3cccc(N)c3)c3ccccc3)c2C#N)C1. The molecule has 2 atom stereocenters. The zero-order chi connectivity index (χ0) is 23.6. The van der Waals surface area contributed by atoms with Crippen molar-refractivity contribution < 1.29 is 4.79 Å². The maximum atomic E-state index is 13.5. The quantitative estimate of drug-likeness (QED) is 0.313. The lowest BCUT2D eigenvalue weighted by atomic mass is 9.72. The Labute approximate surface area is 204 Å². The van der Waals surface area contributed by atoms with Gasteiger partial charge in [0.2, 0.25) is 5.91 Å². The molecule has 0 fully saturated rings. The molecule has 1 aliphatic rings. The fraction of sp³-hybridized carbons (Fsp3) is 0.333. The van der Waals surface area contributed by atoms with Crippen molar-refractivity contribution in [3.63, 3.8) is 0 Å². The third kappa shape index (κ3) is 5.26. The van der Waals surface area contributed by atoms with E-state index in [4.69, 9.17) is 5.73 Å². The van der Waals surface area contributed by atoms with Crippen molar-refractivity contribution in [3.05, 3.63) is 76.2 Å². The number of nitrogens with two attached hydrogens (primary N) is 1. The van der Waals surface area contributed by atoms with Gasteiger partial charge in [0.05, 0.1) is 5.56 Å². The highest BCUT2D eigenvalue weighted by Gasteiger charge is 2.33.